The van der Waals surface area contributed by atoms with Crippen LogP contribution < -0.4 is 10.2 Å². The summed E-state index contributed by atoms with van der Waals surface area (Å²) in [6, 6.07) is 6.45. The van der Waals surface area contributed by atoms with Crippen molar-refractivity contribution in [3.63, 3.8) is 0 Å². The fourth-order valence-electron chi connectivity index (χ4n) is 3.98. The number of carboxylic acid groups (broad SMARTS) is 1. The average Bonchev–Trinajstić information content (AvgIpc) is 3.22. The zero-order valence-electron chi connectivity index (χ0n) is 16.8. The van der Waals surface area contributed by atoms with Crippen LogP contribution in [0, 0.1) is 5.92 Å². The molecule has 0 radical (unpaired) electrons. The van der Waals surface area contributed by atoms with Crippen molar-refractivity contribution in [2.45, 2.75) is 25.4 Å². The minimum Gasteiger partial charge on any atom is -0.475 e. The number of carboxylic acids is 1. The van der Waals surface area contributed by atoms with Crippen LogP contribution in [-0.4, -0.2) is 78.2 Å². The predicted molar refractivity (Wildman–Crippen MR) is 109 cm³/mol. The molecule has 0 aliphatic carbocycles. The van der Waals surface area contributed by atoms with E-state index in [1.54, 1.807) is 0 Å². The Balaban J connectivity index is 0.000000318. The van der Waals surface area contributed by atoms with Crippen molar-refractivity contribution in [1.82, 2.24) is 20.4 Å². The van der Waals surface area contributed by atoms with Crippen molar-refractivity contribution in [1.29, 1.82) is 0 Å². The van der Waals surface area contributed by atoms with Gasteiger partial charge in [0.25, 0.3) is 0 Å². The van der Waals surface area contributed by atoms with Gasteiger partial charge >= 0.3 is 12.1 Å². The Morgan fingerprint density at radius 2 is 1.83 bits per heavy atom. The predicted octanol–water partition coefficient (Wildman–Crippen LogP) is 2.71. The minimum atomic E-state index is -5.08. The number of carbonyl (C=O) groups is 1. The van der Waals surface area contributed by atoms with Gasteiger partial charge in [0, 0.05) is 37.3 Å². The van der Waals surface area contributed by atoms with Crippen molar-refractivity contribution in [2.75, 3.05) is 50.7 Å². The lowest BCUT2D eigenvalue weighted by atomic mass is 9.94. The van der Waals surface area contributed by atoms with Gasteiger partial charge in [0.1, 0.15) is 0 Å². The maximum absolute atomic E-state index is 10.6. The maximum atomic E-state index is 10.6. The lowest BCUT2D eigenvalue weighted by Crippen LogP contribution is -2.47. The topological polar surface area (TPSA) is 84.5 Å². The molecule has 30 heavy (non-hydrogen) atoms. The zero-order valence-corrected chi connectivity index (χ0v) is 16.8. The van der Waals surface area contributed by atoms with Crippen molar-refractivity contribution in [3.8, 4) is 0 Å². The highest BCUT2D eigenvalue weighted by atomic mass is 19.4. The Hall–Kier alpha value is -2.33. The number of benzene rings is 1. The standard InChI is InChI=1S/C18H27N5.C2HF3O2/c1-2-17-16(14-20-21-17)18(3-1)23-12-10-22(11-13-23)9-6-15-4-7-19-8-5-15;3-2(4,5)1(6)7/h1-3,14-15,19H,4-13H2,(H,20,21);(H,6,7). The number of piperazine rings is 1. The van der Waals surface area contributed by atoms with Crippen molar-refractivity contribution in [2.24, 2.45) is 5.92 Å². The van der Waals surface area contributed by atoms with E-state index < -0.39 is 12.1 Å². The second-order valence-electron chi connectivity index (χ2n) is 7.72. The van der Waals surface area contributed by atoms with Gasteiger partial charge in [0.15, 0.2) is 0 Å². The number of fused-ring (bicyclic) bond motifs is 1. The third kappa shape index (κ3) is 6.09. The Kier molecular flexibility index (Phi) is 7.54. The summed E-state index contributed by atoms with van der Waals surface area (Å²) < 4.78 is 31.7. The van der Waals surface area contributed by atoms with Crippen LogP contribution in [0.25, 0.3) is 10.9 Å². The number of nitrogens with one attached hydrogen (secondary N) is 2. The first-order chi connectivity index (χ1) is 14.3. The Bertz CT molecular complexity index is 812. The highest BCUT2D eigenvalue weighted by molar-refractivity contribution is 5.91. The van der Waals surface area contributed by atoms with Gasteiger partial charge in [-0.05, 0) is 56.9 Å². The number of aromatic nitrogens is 2. The number of aromatic amines is 1. The number of piperidine rings is 1. The molecule has 0 unspecified atom stereocenters. The average molecular weight is 427 g/mol. The molecular weight excluding hydrogens is 399 g/mol. The number of aliphatic carboxylic acids is 1. The second kappa shape index (κ2) is 10.1. The highest BCUT2D eigenvalue weighted by Crippen LogP contribution is 2.26. The Morgan fingerprint density at radius 3 is 2.47 bits per heavy atom. The van der Waals surface area contributed by atoms with Crippen LogP contribution in [0.3, 0.4) is 0 Å². The summed E-state index contributed by atoms with van der Waals surface area (Å²) in [6.07, 6.45) is 0.970. The molecule has 3 N–H and O–H groups in total. The SMILES string of the molecule is O=C(O)C(F)(F)F.c1cc(N2CCN(CCC3CCNCC3)CC2)c2cn[nH]c2c1. The highest BCUT2D eigenvalue weighted by Gasteiger charge is 2.38. The van der Waals surface area contributed by atoms with Crippen molar-refractivity contribution >= 4 is 22.6 Å². The Labute approximate surface area is 173 Å². The van der Waals surface area contributed by atoms with Gasteiger partial charge in [0.2, 0.25) is 0 Å². The number of halogens is 3. The summed E-state index contributed by atoms with van der Waals surface area (Å²) in [5.41, 5.74) is 2.46. The van der Waals surface area contributed by atoms with Gasteiger partial charge in [0.05, 0.1) is 11.7 Å². The van der Waals surface area contributed by atoms with Gasteiger partial charge in [-0.25, -0.2) is 4.79 Å². The van der Waals surface area contributed by atoms with Gasteiger partial charge in [-0.15, -0.1) is 0 Å². The maximum Gasteiger partial charge on any atom is 0.490 e. The third-order valence-electron chi connectivity index (χ3n) is 5.73. The van der Waals surface area contributed by atoms with E-state index in [9.17, 15) is 13.2 Å². The summed E-state index contributed by atoms with van der Waals surface area (Å²) in [5, 5.41) is 19.1. The lowest BCUT2D eigenvalue weighted by Gasteiger charge is -2.37. The molecule has 2 aliphatic heterocycles. The number of H-pyrrole nitrogens is 1. The summed E-state index contributed by atoms with van der Waals surface area (Å²) in [6.45, 7) is 8.31. The Morgan fingerprint density at radius 1 is 1.17 bits per heavy atom. The summed E-state index contributed by atoms with van der Waals surface area (Å²) >= 11 is 0. The molecule has 2 aromatic rings. The zero-order chi connectivity index (χ0) is 21.6. The van der Waals surface area contributed by atoms with E-state index in [1.165, 1.54) is 63.1 Å². The van der Waals surface area contributed by atoms with Crippen LogP contribution in [0.2, 0.25) is 0 Å². The first-order valence-electron chi connectivity index (χ1n) is 10.2. The number of hydrogen-bond acceptors (Lipinski definition) is 5. The molecule has 2 aliphatic rings. The van der Waals surface area contributed by atoms with Crippen LogP contribution in [0.15, 0.2) is 24.4 Å². The lowest BCUT2D eigenvalue weighted by molar-refractivity contribution is -0.192. The molecule has 4 rings (SSSR count). The molecule has 0 spiro atoms. The van der Waals surface area contributed by atoms with E-state index >= 15 is 0 Å². The number of anilines is 1. The molecule has 7 nitrogen and oxygen atoms in total. The van der Waals surface area contributed by atoms with Crippen LogP contribution in [0.4, 0.5) is 18.9 Å². The molecule has 0 saturated carbocycles. The van der Waals surface area contributed by atoms with E-state index in [1.807, 2.05) is 6.20 Å². The molecular formula is C20H28F3N5O2. The third-order valence-corrected chi connectivity index (χ3v) is 5.73. The van der Waals surface area contributed by atoms with Crippen LogP contribution in [-0.2, 0) is 4.79 Å². The summed E-state index contributed by atoms with van der Waals surface area (Å²) in [5.74, 6) is -1.82. The molecule has 0 amide bonds. The number of nitrogens with zero attached hydrogens (tertiary/aromatic N) is 3. The molecule has 2 saturated heterocycles. The molecule has 1 aromatic carbocycles. The van der Waals surface area contributed by atoms with Crippen molar-refractivity contribution in [3.05, 3.63) is 24.4 Å². The molecule has 2 fully saturated rings. The van der Waals surface area contributed by atoms with Gasteiger partial charge < -0.3 is 15.3 Å². The van der Waals surface area contributed by atoms with Crippen molar-refractivity contribution < 1.29 is 23.1 Å². The van der Waals surface area contributed by atoms with Crippen LogP contribution in [0.1, 0.15) is 19.3 Å². The molecule has 166 valence electrons. The number of hydrogen-bond donors (Lipinski definition) is 3. The normalized spacial score (nSPS) is 18.8. The molecule has 10 heteroatoms. The molecule has 0 atom stereocenters. The first kappa shape index (κ1) is 22.4. The minimum absolute atomic E-state index is 0.939. The molecule has 0 bridgehead atoms. The fraction of sp³-hybridized carbons (Fsp3) is 0.600. The van der Waals surface area contributed by atoms with E-state index in [4.69, 9.17) is 9.90 Å². The second-order valence-corrected chi connectivity index (χ2v) is 7.72. The molecule has 3 heterocycles. The van der Waals surface area contributed by atoms with Gasteiger partial charge in [-0.2, -0.15) is 18.3 Å². The quantitative estimate of drug-likeness (QED) is 0.696. The summed E-state index contributed by atoms with van der Waals surface area (Å²) in [4.78, 5) is 14.1. The van der Waals surface area contributed by atoms with E-state index in [0.717, 1.165) is 24.5 Å². The van der Waals surface area contributed by atoms with E-state index in [-0.39, 0.29) is 0 Å². The summed E-state index contributed by atoms with van der Waals surface area (Å²) in [7, 11) is 0. The van der Waals surface area contributed by atoms with Gasteiger partial charge in [-0.1, -0.05) is 6.07 Å². The first-order valence-corrected chi connectivity index (χ1v) is 10.2. The largest absolute Gasteiger partial charge is 0.490 e. The van der Waals surface area contributed by atoms with E-state index in [0.29, 0.717) is 0 Å². The van der Waals surface area contributed by atoms with Crippen LogP contribution in [0.5, 0.6) is 0 Å². The van der Waals surface area contributed by atoms with Gasteiger partial charge in [-0.3, -0.25) is 10.00 Å². The monoisotopic (exact) mass is 427 g/mol. The number of rotatable bonds is 4. The molecule has 1 aromatic heterocycles. The fourth-order valence-corrected chi connectivity index (χ4v) is 3.98. The van der Waals surface area contributed by atoms with Crippen LogP contribution >= 0.6 is 0 Å². The number of alkyl halides is 3. The smallest absolute Gasteiger partial charge is 0.475 e. The van der Waals surface area contributed by atoms with E-state index in [2.05, 4.69) is 43.5 Å².